The quantitative estimate of drug-likeness (QED) is 0.852. The lowest BCUT2D eigenvalue weighted by Crippen LogP contribution is -2.41. The highest BCUT2D eigenvalue weighted by Gasteiger charge is 2.51. The molecule has 0 atom stereocenters. The molecule has 25 heavy (non-hydrogen) atoms. The lowest BCUT2D eigenvalue weighted by atomic mass is 9.73. The number of carbonyl (C=O) groups is 3. The normalized spacial score (nSPS) is 19.7. The van der Waals surface area contributed by atoms with Crippen LogP contribution in [-0.4, -0.2) is 29.2 Å². The van der Waals surface area contributed by atoms with Crippen molar-refractivity contribution in [1.29, 1.82) is 0 Å². The Balaban J connectivity index is 1.66. The number of hydrogen-bond donors (Lipinski definition) is 1. The molecule has 5 heteroatoms. The summed E-state index contributed by atoms with van der Waals surface area (Å²) in [7, 11) is 0. The molecule has 0 bridgehead atoms. The maximum absolute atomic E-state index is 12.7. The van der Waals surface area contributed by atoms with Crippen LogP contribution in [0.5, 0.6) is 0 Å². The van der Waals surface area contributed by atoms with Crippen molar-refractivity contribution in [3.8, 4) is 0 Å². The average molecular weight is 342 g/mol. The Morgan fingerprint density at radius 2 is 1.92 bits per heavy atom. The predicted molar refractivity (Wildman–Crippen MR) is 96.0 cm³/mol. The van der Waals surface area contributed by atoms with Crippen molar-refractivity contribution in [3.63, 3.8) is 0 Å². The van der Waals surface area contributed by atoms with Gasteiger partial charge in [-0.2, -0.15) is 0 Å². The summed E-state index contributed by atoms with van der Waals surface area (Å²) >= 11 is 0. The van der Waals surface area contributed by atoms with Crippen LogP contribution in [0.4, 0.5) is 5.69 Å². The average Bonchev–Trinajstić information content (AvgIpc) is 2.80. The molecule has 1 N–H and O–H groups in total. The van der Waals surface area contributed by atoms with Crippen molar-refractivity contribution < 1.29 is 14.4 Å². The Bertz CT molecular complexity index is 690. The molecular weight excluding hydrogens is 316 g/mol. The first kappa shape index (κ1) is 17.6. The fourth-order valence-corrected chi connectivity index (χ4v) is 3.96. The highest BCUT2D eigenvalue weighted by Crippen LogP contribution is 2.45. The minimum Gasteiger partial charge on any atom is -0.325 e. The van der Waals surface area contributed by atoms with E-state index in [9.17, 15) is 14.4 Å². The minimum atomic E-state index is -0.535. The van der Waals surface area contributed by atoms with Gasteiger partial charge in [-0.05, 0) is 36.5 Å². The van der Waals surface area contributed by atoms with Gasteiger partial charge in [-0.15, -0.1) is 0 Å². The lowest BCUT2D eigenvalue weighted by Gasteiger charge is -2.30. The molecule has 1 aliphatic carbocycles. The van der Waals surface area contributed by atoms with Crippen LogP contribution >= 0.6 is 0 Å². The van der Waals surface area contributed by atoms with Gasteiger partial charge in [-0.25, -0.2) is 0 Å². The van der Waals surface area contributed by atoms with Gasteiger partial charge >= 0.3 is 0 Å². The first-order valence-corrected chi connectivity index (χ1v) is 9.16. The van der Waals surface area contributed by atoms with Crippen molar-refractivity contribution in [2.45, 2.75) is 58.3 Å². The van der Waals surface area contributed by atoms with E-state index < -0.39 is 5.41 Å². The van der Waals surface area contributed by atoms with E-state index >= 15 is 0 Å². The second kappa shape index (κ2) is 6.98. The summed E-state index contributed by atoms with van der Waals surface area (Å²) in [5.74, 6) is -0.318. The molecule has 1 aliphatic heterocycles. The third kappa shape index (κ3) is 3.60. The molecule has 1 spiro atoms. The predicted octanol–water partition coefficient (Wildman–Crippen LogP) is 3.46. The van der Waals surface area contributed by atoms with Gasteiger partial charge in [-0.3, -0.25) is 19.3 Å². The van der Waals surface area contributed by atoms with E-state index in [1.807, 2.05) is 24.3 Å². The number of rotatable bonds is 4. The summed E-state index contributed by atoms with van der Waals surface area (Å²) in [5.41, 5.74) is 1.29. The van der Waals surface area contributed by atoms with Crippen LogP contribution in [-0.2, 0) is 14.4 Å². The van der Waals surface area contributed by atoms with Gasteiger partial charge in [0.2, 0.25) is 17.7 Å². The summed E-state index contributed by atoms with van der Waals surface area (Å²) in [6.45, 7) is 3.99. The standard InChI is InChI=1S/C20H26N2O3/c1-14(2)15-7-6-8-16(11-15)21-17(23)13-22-18(24)12-20(19(22)25)9-4-3-5-10-20/h6-8,11,14H,3-5,9-10,12-13H2,1-2H3,(H,21,23). The van der Waals surface area contributed by atoms with Gasteiger partial charge in [-0.1, -0.05) is 45.2 Å². The van der Waals surface area contributed by atoms with Gasteiger partial charge < -0.3 is 5.32 Å². The maximum Gasteiger partial charge on any atom is 0.244 e. The van der Waals surface area contributed by atoms with E-state index in [1.54, 1.807) is 0 Å². The number of likely N-dealkylation sites (tertiary alicyclic amines) is 1. The fourth-order valence-electron chi connectivity index (χ4n) is 3.96. The summed E-state index contributed by atoms with van der Waals surface area (Å²) in [6, 6.07) is 7.66. The number of hydrogen-bond acceptors (Lipinski definition) is 3. The SMILES string of the molecule is CC(C)c1cccc(NC(=O)CN2C(=O)CC3(CCCCC3)C2=O)c1. The van der Waals surface area contributed by atoms with Crippen molar-refractivity contribution in [3.05, 3.63) is 29.8 Å². The Labute approximate surface area is 148 Å². The van der Waals surface area contributed by atoms with Gasteiger partial charge in [0.1, 0.15) is 6.54 Å². The molecule has 0 unspecified atom stereocenters. The molecule has 2 fully saturated rings. The van der Waals surface area contributed by atoms with E-state index in [-0.39, 0.29) is 30.7 Å². The number of anilines is 1. The Kier molecular flexibility index (Phi) is 4.93. The van der Waals surface area contributed by atoms with E-state index in [0.29, 0.717) is 11.6 Å². The topological polar surface area (TPSA) is 66.5 Å². The van der Waals surface area contributed by atoms with Crippen molar-refractivity contribution in [2.75, 3.05) is 11.9 Å². The summed E-state index contributed by atoms with van der Waals surface area (Å²) in [5, 5.41) is 2.81. The molecule has 1 heterocycles. The Morgan fingerprint density at radius 3 is 2.60 bits per heavy atom. The summed E-state index contributed by atoms with van der Waals surface area (Å²) in [4.78, 5) is 38.6. The van der Waals surface area contributed by atoms with Crippen LogP contribution in [0.2, 0.25) is 0 Å². The van der Waals surface area contributed by atoms with Crippen molar-refractivity contribution in [2.24, 2.45) is 5.41 Å². The maximum atomic E-state index is 12.7. The monoisotopic (exact) mass is 342 g/mol. The first-order valence-electron chi connectivity index (χ1n) is 9.16. The molecule has 3 rings (SSSR count). The van der Waals surface area contributed by atoms with E-state index in [0.717, 1.165) is 42.6 Å². The second-order valence-electron chi connectivity index (χ2n) is 7.63. The van der Waals surface area contributed by atoms with Gasteiger partial charge in [0.05, 0.1) is 5.41 Å². The molecular formula is C20H26N2O3. The molecule has 0 aromatic heterocycles. The molecule has 3 amide bonds. The number of nitrogens with one attached hydrogen (secondary N) is 1. The van der Waals surface area contributed by atoms with E-state index in [1.165, 1.54) is 0 Å². The highest BCUT2D eigenvalue weighted by atomic mass is 16.2. The zero-order chi connectivity index (χ0) is 18.0. The number of benzene rings is 1. The van der Waals surface area contributed by atoms with Crippen LogP contribution in [0.15, 0.2) is 24.3 Å². The van der Waals surface area contributed by atoms with Crippen molar-refractivity contribution >= 4 is 23.4 Å². The van der Waals surface area contributed by atoms with E-state index in [2.05, 4.69) is 19.2 Å². The van der Waals surface area contributed by atoms with Crippen LogP contribution < -0.4 is 5.32 Å². The van der Waals surface area contributed by atoms with Crippen molar-refractivity contribution in [1.82, 2.24) is 4.90 Å². The zero-order valence-electron chi connectivity index (χ0n) is 15.0. The Hall–Kier alpha value is -2.17. The number of nitrogens with zero attached hydrogens (tertiary/aromatic N) is 1. The molecule has 0 radical (unpaired) electrons. The second-order valence-corrected chi connectivity index (χ2v) is 7.63. The van der Waals surface area contributed by atoms with Crippen LogP contribution in [0.1, 0.15) is 63.9 Å². The first-order chi connectivity index (χ1) is 11.9. The Morgan fingerprint density at radius 1 is 1.20 bits per heavy atom. The van der Waals surface area contributed by atoms with Gasteiger partial charge in [0.15, 0.2) is 0 Å². The van der Waals surface area contributed by atoms with E-state index in [4.69, 9.17) is 0 Å². The molecule has 1 aromatic rings. The van der Waals surface area contributed by atoms with Gasteiger partial charge in [0.25, 0.3) is 0 Å². The third-order valence-electron chi connectivity index (χ3n) is 5.44. The summed E-state index contributed by atoms with van der Waals surface area (Å²) in [6.07, 6.45) is 4.90. The smallest absolute Gasteiger partial charge is 0.244 e. The molecule has 1 saturated heterocycles. The third-order valence-corrected chi connectivity index (χ3v) is 5.44. The number of imide groups is 1. The largest absolute Gasteiger partial charge is 0.325 e. The van der Waals surface area contributed by atoms with Crippen LogP contribution in [0.25, 0.3) is 0 Å². The molecule has 134 valence electrons. The van der Waals surface area contributed by atoms with Gasteiger partial charge in [0, 0.05) is 12.1 Å². The van der Waals surface area contributed by atoms with Crippen LogP contribution in [0, 0.1) is 5.41 Å². The van der Waals surface area contributed by atoms with Crippen LogP contribution in [0.3, 0.4) is 0 Å². The highest BCUT2D eigenvalue weighted by molar-refractivity contribution is 6.09. The summed E-state index contributed by atoms with van der Waals surface area (Å²) < 4.78 is 0. The fraction of sp³-hybridized carbons (Fsp3) is 0.550. The number of amides is 3. The molecule has 2 aliphatic rings. The minimum absolute atomic E-state index is 0.150. The molecule has 1 aromatic carbocycles. The number of carbonyl (C=O) groups excluding carboxylic acids is 3. The zero-order valence-corrected chi connectivity index (χ0v) is 15.0. The lowest BCUT2D eigenvalue weighted by molar-refractivity contribution is -0.144. The molecule has 1 saturated carbocycles. The molecule has 5 nitrogen and oxygen atoms in total.